The molecular formula is C15H30ClN3O. The molecule has 5 heteroatoms. The van der Waals surface area contributed by atoms with Gasteiger partial charge >= 0.3 is 0 Å². The summed E-state index contributed by atoms with van der Waals surface area (Å²) in [4.78, 5) is 14.7. The van der Waals surface area contributed by atoms with Gasteiger partial charge in [0.05, 0.1) is 6.04 Å². The Morgan fingerprint density at radius 2 is 1.75 bits per heavy atom. The summed E-state index contributed by atoms with van der Waals surface area (Å²) in [5.41, 5.74) is 0. The molecular weight excluding hydrogens is 274 g/mol. The van der Waals surface area contributed by atoms with E-state index >= 15 is 0 Å². The number of nitrogens with one attached hydrogen (secondary N) is 2. The molecule has 4 nitrogen and oxygen atoms in total. The van der Waals surface area contributed by atoms with Gasteiger partial charge in [-0.1, -0.05) is 19.3 Å². The number of hydrogen-bond donors (Lipinski definition) is 2. The van der Waals surface area contributed by atoms with E-state index in [-0.39, 0.29) is 24.4 Å². The van der Waals surface area contributed by atoms with E-state index in [0.29, 0.717) is 12.1 Å². The van der Waals surface area contributed by atoms with Gasteiger partial charge in [-0.2, -0.15) is 0 Å². The standard InChI is InChI=1S/C15H29N3O.ClH/c1-12(18-10-6-9-14(11-18)16-2)15(19)17-13-7-4-3-5-8-13;/h12-14,16H,3-11H2,1-2H3,(H,17,19);1H. The Bertz CT molecular complexity index is 295. The van der Waals surface area contributed by atoms with Crippen molar-refractivity contribution in [1.82, 2.24) is 15.5 Å². The van der Waals surface area contributed by atoms with Gasteiger partial charge in [-0.05, 0) is 46.2 Å². The van der Waals surface area contributed by atoms with Crippen LogP contribution in [0.4, 0.5) is 0 Å². The Morgan fingerprint density at radius 1 is 1.10 bits per heavy atom. The quantitative estimate of drug-likeness (QED) is 0.834. The summed E-state index contributed by atoms with van der Waals surface area (Å²) in [6.07, 6.45) is 8.61. The summed E-state index contributed by atoms with van der Waals surface area (Å²) in [7, 11) is 2.01. The van der Waals surface area contributed by atoms with E-state index < -0.39 is 0 Å². The van der Waals surface area contributed by atoms with Crippen LogP contribution >= 0.6 is 12.4 Å². The van der Waals surface area contributed by atoms with Crippen molar-refractivity contribution in [1.29, 1.82) is 0 Å². The predicted molar refractivity (Wildman–Crippen MR) is 85.4 cm³/mol. The van der Waals surface area contributed by atoms with Crippen LogP contribution in [0.3, 0.4) is 0 Å². The molecule has 1 saturated heterocycles. The normalized spacial score (nSPS) is 26.6. The Hall–Kier alpha value is -0.320. The summed E-state index contributed by atoms with van der Waals surface area (Å²) >= 11 is 0. The first-order chi connectivity index (χ1) is 9.20. The first kappa shape index (κ1) is 17.7. The first-order valence-electron chi connectivity index (χ1n) is 7.92. The molecule has 20 heavy (non-hydrogen) atoms. The maximum atomic E-state index is 12.3. The molecule has 2 aliphatic rings. The number of carbonyl (C=O) groups is 1. The van der Waals surface area contributed by atoms with Gasteiger partial charge in [0.1, 0.15) is 0 Å². The molecule has 1 amide bonds. The monoisotopic (exact) mass is 303 g/mol. The number of halogens is 1. The molecule has 0 spiro atoms. The van der Waals surface area contributed by atoms with Crippen LogP contribution < -0.4 is 10.6 Å². The molecule has 1 aliphatic heterocycles. The third-order valence-corrected chi connectivity index (χ3v) is 4.74. The highest BCUT2D eigenvalue weighted by molar-refractivity contribution is 5.85. The third kappa shape index (κ3) is 4.90. The molecule has 2 fully saturated rings. The lowest BCUT2D eigenvalue weighted by molar-refractivity contribution is -0.127. The van der Waals surface area contributed by atoms with Crippen LogP contribution in [-0.4, -0.2) is 49.1 Å². The van der Waals surface area contributed by atoms with Crippen molar-refractivity contribution in [3.8, 4) is 0 Å². The van der Waals surface area contributed by atoms with Gasteiger partial charge in [-0.15, -0.1) is 12.4 Å². The van der Waals surface area contributed by atoms with Crippen molar-refractivity contribution in [2.75, 3.05) is 20.1 Å². The van der Waals surface area contributed by atoms with Crippen LogP contribution in [0, 0.1) is 0 Å². The van der Waals surface area contributed by atoms with Gasteiger partial charge in [-0.25, -0.2) is 0 Å². The van der Waals surface area contributed by atoms with E-state index in [9.17, 15) is 4.79 Å². The molecule has 0 aromatic rings. The van der Waals surface area contributed by atoms with Gasteiger partial charge < -0.3 is 10.6 Å². The summed E-state index contributed by atoms with van der Waals surface area (Å²) in [5, 5.41) is 6.58. The van der Waals surface area contributed by atoms with Gasteiger partial charge in [-0.3, -0.25) is 9.69 Å². The van der Waals surface area contributed by atoms with Gasteiger partial charge in [0.25, 0.3) is 0 Å². The van der Waals surface area contributed by atoms with E-state index in [1.807, 2.05) is 7.05 Å². The SMILES string of the molecule is CNC1CCCN(C(C)C(=O)NC2CCCCC2)C1.Cl. The summed E-state index contributed by atoms with van der Waals surface area (Å²) in [6.45, 7) is 4.10. The van der Waals surface area contributed by atoms with Crippen molar-refractivity contribution in [3.05, 3.63) is 0 Å². The molecule has 0 aromatic heterocycles. The van der Waals surface area contributed by atoms with Crippen LogP contribution in [0.2, 0.25) is 0 Å². The third-order valence-electron chi connectivity index (χ3n) is 4.74. The molecule has 1 saturated carbocycles. The molecule has 2 rings (SSSR count). The average molecular weight is 304 g/mol. The fourth-order valence-corrected chi connectivity index (χ4v) is 3.33. The van der Waals surface area contributed by atoms with Crippen molar-refractivity contribution in [3.63, 3.8) is 0 Å². The van der Waals surface area contributed by atoms with Crippen LogP contribution in [-0.2, 0) is 4.79 Å². The molecule has 0 bridgehead atoms. The van der Waals surface area contributed by atoms with Crippen LogP contribution in [0.25, 0.3) is 0 Å². The largest absolute Gasteiger partial charge is 0.352 e. The van der Waals surface area contributed by atoms with E-state index in [1.54, 1.807) is 0 Å². The molecule has 1 aliphatic carbocycles. The zero-order chi connectivity index (χ0) is 13.7. The fraction of sp³-hybridized carbons (Fsp3) is 0.933. The zero-order valence-corrected chi connectivity index (χ0v) is 13.7. The second-order valence-corrected chi connectivity index (χ2v) is 6.14. The number of hydrogen-bond acceptors (Lipinski definition) is 3. The minimum absolute atomic E-state index is 0. The van der Waals surface area contributed by atoms with E-state index in [1.165, 1.54) is 32.1 Å². The van der Waals surface area contributed by atoms with E-state index in [0.717, 1.165) is 25.9 Å². The molecule has 2 atom stereocenters. The highest BCUT2D eigenvalue weighted by Crippen LogP contribution is 2.18. The number of piperidine rings is 1. The van der Waals surface area contributed by atoms with Crippen LogP contribution in [0.5, 0.6) is 0 Å². The molecule has 2 unspecified atom stereocenters. The van der Waals surface area contributed by atoms with E-state index in [4.69, 9.17) is 0 Å². The Labute approximate surface area is 129 Å². The Kier molecular flexibility index (Phi) is 7.85. The molecule has 1 heterocycles. The second kappa shape index (κ2) is 8.85. The topological polar surface area (TPSA) is 44.4 Å². The fourth-order valence-electron chi connectivity index (χ4n) is 3.33. The van der Waals surface area contributed by atoms with Crippen molar-refractivity contribution >= 4 is 18.3 Å². The average Bonchev–Trinajstić information content (AvgIpc) is 2.47. The lowest BCUT2D eigenvalue weighted by Crippen LogP contribution is -2.54. The first-order valence-corrected chi connectivity index (χ1v) is 7.92. The number of likely N-dealkylation sites (tertiary alicyclic amines) is 1. The Morgan fingerprint density at radius 3 is 2.40 bits per heavy atom. The molecule has 2 N–H and O–H groups in total. The van der Waals surface area contributed by atoms with Crippen molar-refractivity contribution in [2.24, 2.45) is 0 Å². The highest BCUT2D eigenvalue weighted by Gasteiger charge is 2.28. The lowest BCUT2D eigenvalue weighted by atomic mass is 9.95. The minimum Gasteiger partial charge on any atom is -0.352 e. The van der Waals surface area contributed by atoms with E-state index in [2.05, 4.69) is 22.5 Å². The molecule has 0 radical (unpaired) electrons. The summed E-state index contributed by atoms with van der Waals surface area (Å²) in [6, 6.07) is 0.977. The van der Waals surface area contributed by atoms with Gasteiger partial charge in [0.15, 0.2) is 0 Å². The second-order valence-electron chi connectivity index (χ2n) is 6.14. The number of amides is 1. The number of likely N-dealkylation sites (N-methyl/N-ethyl adjacent to an activating group) is 1. The number of carbonyl (C=O) groups excluding carboxylic acids is 1. The van der Waals surface area contributed by atoms with Gasteiger partial charge in [0.2, 0.25) is 5.91 Å². The molecule has 118 valence electrons. The van der Waals surface area contributed by atoms with Crippen molar-refractivity contribution in [2.45, 2.75) is 70.0 Å². The van der Waals surface area contributed by atoms with Crippen molar-refractivity contribution < 1.29 is 4.79 Å². The smallest absolute Gasteiger partial charge is 0.237 e. The highest BCUT2D eigenvalue weighted by atomic mass is 35.5. The lowest BCUT2D eigenvalue weighted by Gasteiger charge is -2.36. The Balaban J connectivity index is 0.00000200. The maximum absolute atomic E-state index is 12.3. The minimum atomic E-state index is 0. The summed E-state index contributed by atoms with van der Waals surface area (Å²) < 4.78 is 0. The number of nitrogens with zero attached hydrogens (tertiary/aromatic N) is 1. The molecule has 0 aromatic carbocycles. The van der Waals surface area contributed by atoms with Crippen LogP contribution in [0.1, 0.15) is 51.9 Å². The van der Waals surface area contributed by atoms with Crippen LogP contribution in [0.15, 0.2) is 0 Å². The van der Waals surface area contributed by atoms with Gasteiger partial charge in [0, 0.05) is 18.6 Å². The summed E-state index contributed by atoms with van der Waals surface area (Å²) in [5.74, 6) is 0.226. The zero-order valence-electron chi connectivity index (χ0n) is 12.9. The maximum Gasteiger partial charge on any atom is 0.237 e. The predicted octanol–water partition coefficient (Wildman–Crippen LogP) is 1.93. The number of rotatable bonds is 4.